The van der Waals surface area contributed by atoms with Gasteiger partial charge in [0.1, 0.15) is 11.6 Å². The normalized spacial score (nSPS) is 14.2. The molecule has 0 spiro atoms. The Morgan fingerprint density at radius 3 is 2.50 bits per heavy atom. The maximum absolute atomic E-state index is 12.7. The first-order valence-corrected chi connectivity index (χ1v) is 7.61. The van der Waals surface area contributed by atoms with Gasteiger partial charge < -0.3 is 0 Å². The van der Waals surface area contributed by atoms with Crippen LogP contribution in [0.15, 0.2) is 24.3 Å². The van der Waals surface area contributed by atoms with E-state index in [1.54, 1.807) is 12.1 Å². The summed E-state index contributed by atoms with van der Waals surface area (Å²) in [7, 11) is -1.08. The lowest BCUT2D eigenvalue weighted by Gasteiger charge is -2.07. The zero-order valence-electron chi connectivity index (χ0n) is 10.8. The topological polar surface area (TPSA) is 34.1 Å². The Kier molecular flexibility index (Phi) is 6.19. The third-order valence-corrected chi connectivity index (χ3v) is 4.39. The maximum atomic E-state index is 12.7. The molecular formula is C14H19FO2S. The van der Waals surface area contributed by atoms with E-state index in [0.29, 0.717) is 11.7 Å². The van der Waals surface area contributed by atoms with Crippen LogP contribution < -0.4 is 0 Å². The molecule has 2 unspecified atom stereocenters. The number of hydrogen-bond acceptors (Lipinski definition) is 2. The fourth-order valence-electron chi connectivity index (χ4n) is 1.55. The number of rotatable bonds is 7. The Bertz CT molecular complexity index is 414. The second-order valence-electron chi connectivity index (χ2n) is 4.61. The number of Topliss-reactive ketones (excluding diaryl/α,β-unsaturated/α-hetero) is 1. The summed E-state index contributed by atoms with van der Waals surface area (Å²) >= 11 is 0. The molecule has 0 radical (unpaired) electrons. The molecule has 0 bridgehead atoms. The maximum Gasteiger partial charge on any atom is 0.149 e. The van der Waals surface area contributed by atoms with Gasteiger partial charge in [0.15, 0.2) is 0 Å². The van der Waals surface area contributed by atoms with Gasteiger partial charge in [-0.25, -0.2) is 4.39 Å². The second kappa shape index (κ2) is 7.41. The molecule has 0 saturated carbocycles. The Hall–Kier alpha value is -1.03. The van der Waals surface area contributed by atoms with Crippen LogP contribution in [0.4, 0.5) is 4.39 Å². The highest BCUT2D eigenvalue weighted by molar-refractivity contribution is 7.85. The van der Waals surface area contributed by atoms with Crippen molar-refractivity contribution >= 4 is 16.6 Å². The summed E-state index contributed by atoms with van der Waals surface area (Å²) in [5.74, 6) is 0.687. The van der Waals surface area contributed by atoms with Crippen molar-refractivity contribution in [3.8, 4) is 0 Å². The average Bonchev–Trinajstić information content (AvgIpc) is 2.31. The molecule has 1 aromatic carbocycles. The molecule has 0 N–H and O–H groups in total. The largest absolute Gasteiger partial charge is 0.298 e. The third kappa shape index (κ3) is 5.54. The summed E-state index contributed by atoms with van der Waals surface area (Å²) in [6.07, 6.45) is 1.20. The number of halogens is 1. The van der Waals surface area contributed by atoms with Gasteiger partial charge in [-0.2, -0.15) is 0 Å². The summed E-state index contributed by atoms with van der Waals surface area (Å²) in [6, 6.07) is 5.84. The minimum atomic E-state index is -1.08. The number of hydrogen-bond donors (Lipinski definition) is 0. The van der Waals surface area contributed by atoms with Gasteiger partial charge in [-0.15, -0.1) is 0 Å². The number of ketones is 1. The van der Waals surface area contributed by atoms with E-state index >= 15 is 0 Å². The molecule has 0 fully saturated rings. The van der Waals surface area contributed by atoms with E-state index < -0.39 is 10.8 Å². The van der Waals surface area contributed by atoms with Crippen molar-refractivity contribution < 1.29 is 13.4 Å². The molecule has 18 heavy (non-hydrogen) atoms. The van der Waals surface area contributed by atoms with Crippen LogP contribution in [-0.2, 0) is 22.0 Å². The van der Waals surface area contributed by atoms with Crippen LogP contribution in [0, 0.1) is 11.7 Å². The smallest absolute Gasteiger partial charge is 0.149 e. The van der Waals surface area contributed by atoms with Crippen molar-refractivity contribution in [1.82, 2.24) is 0 Å². The van der Waals surface area contributed by atoms with E-state index in [9.17, 15) is 13.4 Å². The van der Waals surface area contributed by atoms with E-state index in [1.807, 2.05) is 13.8 Å². The predicted molar refractivity (Wildman–Crippen MR) is 72.4 cm³/mol. The summed E-state index contributed by atoms with van der Waals surface area (Å²) in [5, 5.41) is 0. The summed E-state index contributed by atoms with van der Waals surface area (Å²) in [6.45, 7) is 4.07. The first kappa shape index (κ1) is 15.0. The number of benzene rings is 1. The van der Waals surface area contributed by atoms with Gasteiger partial charge in [-0.3, -0.25) is 9.00 Å². The second-order valence-corrected chi connectivity index (χ2v) is 6.11. The van der Waals surface area contributed by atoms with Gasteiger partial charge in [-0.05, 0) is 23.6 Å². The molecule has 1 rings (SSSR count). The van der Waals surface area contributed by atoms with Crippen LogP contribution in [0.3, 0.4) is 0 Å². The standard InChI is InChI=1S/C14H19FO2S/c1-3-11(2)9-18(17)10-14(16)8-12-4-6-13(15)7-5-12/h4-7,11H,3,8-10H2,1-2H3. The molecule has 4 heteroatoms. The molecule has 0 aliphatic heterocycles. The molecule has 2 atom stereocenters. The van der Waals surface area contributed by atoms with E-state index in [0.717, 1.165) is 12.0 Å². The van der Waals surface area contributed by atoms with Gasteiger partial charge in [0.05, 0.1) is 5.75 Å². The summed E-state index contributed by atoms with van der Waals surface area (Å²) < 4.78 is 24.4. The van der Waals surface area contributed by atoms with Crippen LogP contribution in [-0.4, -0.2) is 21.5 Å². The van der Waals surface area contributed by atoms with Crippen LogP contribution >= 0.6 is 0 Å². The van der Waals surface area contributed by atoms with Gasteiger partial charge >= 0.3 is 0 Å². The van der Waals surface area contributed by atoms with Crippen molar-refractivity contribution in [3.63, 3.8) is 0 Å². The Balaban J connectivity index is 2.42. The highest BCUT2D eigenvalue weighted by Crippen LogP contribution is 2.06. The van der Waals surface area contributed by atoms with Gasteiger partial charge in [0.2, 0.25) is 0 Å². The lowest BCUT2D eigenvalue weighted by atomic mass is 10.1. The van der Waals surface area contributed by atoms with Gasteiger partial charge in [0.25, 0.3) is 0 Å². The number of carbonyl (C=O) groups excluding carboxylic acids is 1. The Morgan fingerprint density at radius 2 is 1.94 bits per heavy atom. The first-order chi connectivity index (χ1) is 8.51. The predicted octanol–water partition coefficient (Wildman–Crippen LogP) is 2.73. The SMILES string of the molecule is CCC(C)CS(=O)CC(=O)Cc1ccc(F)cc1. The number of carbonyl (C=O) groups is 1. The lowest BCUT2D eigenvalue weighted by molar-refractivity contribution is -0.116. The minimum Gasteiger partial charge on any atom is -0.298 e. The highest BCUT2D eigenvalue weighted by atomic mass is 32.2. The zero-order valence-corrected chi connectivity index (χ0v) is 11.6. The van der Waals surface area contributed by atoms with Crippen molar-refractivity contribution in [2.75, 3.05) is 11.5 Å². The van der Waals surface area contributed by atoms with Crippen molar-refractivity contribution in [2.24, 2.45) is 5.92 Å². The van der Waals surface area contributed by atoms with Gasteiger partial charge in [-0.1, -0.05) is 32.4 Å². The highest BCUT2D eigenvalue weighted by Gasteiger charge is 2.11. The van der Waals surface area contributed by atoms with Crippen molar-refractivity contribution in [1.29, 1.82) is 0 Å². The summed E-state index contributed by atoms with van der Waals surface area (Å²) in [5.41, 5.74) is 0.766. The van der Waals surface area contributed by atoms with Crippen LogP contribution in [0.25, 0.3) is 0 Å². The van der Waals surface area contributed by atoms with Crippen LogP contribution in [0.2, 0.25) is 0 Å². The lowest BCUT2D eigenvalue weighted by Crippen LogP contribution is -2.18. The molecule has 0 saturated heterocycles. The summed E-state index contributed by atoms with van der Waals surface area (Å²) in [4.78, 5) is 11.7. The fourth-order valence-corrected chi connectivity index (χ4v) is 3.00. The average molecular weight is 270 g/mol. The van der Waals surface area contributed by atoms with E-state index in [4.69, 9.17) is 0 Å². The minimum absolute atomic E-state index is 0.0526. The van der Waals surface area contributed by atoms with Crippen molar-refractivity contribution in [2.45, 2.75) is 26.7 Å². The third-order valence-electron chi connectivity index (χ3n) is 2.80. The molecule has 0 aromatic heterocycles. The van der Waals surface area contributed by atoms with Gasteiger partial charge in [0, 0.05) is 23.0 Å². The molecule has 0 heterocycles. The molecule has 2 nitrogen and oxygen atoms in total. The Morgan fingerprint density at radius 1 is 1.33 bits per heavy atom. The molecule has 1 aromatic rings. The van der Waals surface area contributed by atoms with E-state index in [2.05, 4.69) is 0 Å². The van der Waals surface area contributed by atoms with Crippen LogP contribution in [0.5, 0.6) is 0 Å². The Labute approximate surface area is 110 Å². The van der Waals surface area contributed by atoms with Crippen LogP contribution in [0.1, 0.15) is 25.8 Å². The zero-order chi connectivity index (χ0) is 13.5. The first-order valence-electron chi connectivity index (χ1n) is 6.12. The van der Waals surface area contributed by atoms with Crippen molar-refractivity contribution in [3.05, 3.63) is 35.6 Å². The molecule has 0 amide bonds. The van der Waals surface area contributed by atoms with E-state index in [-0.39, 0.29) is 23.8 Å². The molecule has 0 aliphatic carbocycles. The molecule has 0 aliphatic rings. The fraction of sp³-hybridized carbons (Fsp3) is 0.500. The molecule has 100 valence electrons. The van der Waals surface area contributed by atoms with E-state index in [1.165, 1.54) is 12.1 Å². The molecular weight excluding hydrogens is 251 g/mol. The monoisotopic (exact) mass is 270 g/mol. The quantitative estimate of drug-likeness (QED) is 0.763.